The molecule has 2 N–H and O–H groups in total. The van der Waals surface area contributed by atoms with Crippen LogP contribution in [0.5, 0.6) is 0 Å². The highest BCUT2D eigenvalue weighted by Crippen LogP contribution is 2.22. The molecule has 0 aromatic carbocycles. The Labute approximate surface area is 159 Å². The number of aromatic nitrogens is 5. The molecule has 1 atom stereocenters. The summed E-state index contributed by atoms with van der Waals surface area (Å²) in [5.41, 5.74) is 3.23. The smallest absolute Gasteiger partial charge is 0.135 e. The fourth-order valence-corrected chi connectivity index (χ4v) is 3.69. The molecule has 0 radical (unpaired) electrons. The quantitative estimate of drug-likeness (QED) is 0.700. The van der Waals surface area contributed by atoms with Gasteiger partial charge in [0.15, 0.2) is 0 Å². The molecule has 7 heteroatoms. The minimum atomic E-state index is 0.613. The van der Waals surface area contributed by atoms with Gasteiger partial charge >= 0.3 is 0 Å². The first-order chi connectivity index (χ1) is 13.2. The van der Waals surface area contributed by atoms with Crippen LogP contribution < -0.4 is 5.32 Å². The zero-order chi connectivity index (χ0) is 18.5. The summed E-state index contributed by atoms with van der Waals surface area (Å²) in [5.74, 6) is 2.22. The van der Waals surface area contributed by atoms with Crippen molar-refractivity contribution >= 4 is 11.6 Å². The lowest BCUT2D eigenvalue weighted by molar-refractivity contribution is 0.164. The van der Waals surface area contributed by atoms with Crippen molar-refractivity contribution in [2.75, 3.05) is 18.4 Å². The number of likely N-dealkylation sites (tertiary alicyclic amines) is 1. The summed E-state index contributed by atoms with van der Waals surface area (Å²) in [6.45, 7) is 5.15. The van der Waals surface area contributed by atoms with Crippen LogP contribution in [0, 0.1) is 12.8 Å². The molecule has 0 aliphatic carbocycles. The number of nitrogens with one attached hydrogen (secondary N) is 2. The normalized spacial score (nSPS) is 17.7. The van der Waals surface area contributed by atoms with Gasteiger partial charge in [0.25, 0.3) is 0 Å². The molecule has 0 unspecified atom stereocenters. The fourth-order valence-electron chi connectivity index (χ4n) is 3.69. The molecule has 3 aromatic heterocycles. The highest BCUT2D eigenvalue weighted by Gasteiger charge is 2.21. The Morgan fingerprint density at radius 3 is 3.04 bits per heavy atom. The number of pyridine rings is 1. The van der Waals surface area contributed by atoms with E-state index in [2.05, 4.69) is 35.4 Å². The number of aromatic amines is 1. The average molecular weight is 363 g/mol. The minimum absolute atomic E-state index is 0.613. The SMILES string of the molecule is Cc1cccc(Nc2cc(C[C@@H]3CCCN(Cc4ccn[nH]4)C3)ncn2)n1. The van der Waals surface area contributed by atoms with Crippen molar-refractivity contribution < 1.29 is 0 Å². The molecule has 0 bridgehead atoms. The van der Waals surface area contributed by atoms with Crippen LogP contribution in [-0.4, -0.2) is 43.1 Å². The first kappa shape index (κ1) is 17.6. The predicted octanol–water partition coefficient (Wildman–Crippen LogP) is 3.10. The van der Waals surface area contributed by atoms with Crippen molar-refractivity contribution in [2.45, 2.75) is 32.7 Å². The number of aryl methyl sites for hydroxylation is 1. The van der Waals surface area contributed by atoms with Gasteiger partial charge in [-0.05, 0) is 56.8 Å². The van der Waals surface area contributed by atoms with Gasteiger partial charge in [-0.25, -0.2) is 15.0 Å². The van der Waals surface area contributed by atoms with Gasteiger partial charge in [0.05, 0.1) is 0 Å². The van der Waals surface area contributed by atoms with Crippen molar-refractivity contribution in [1.82, 2.24) is 30.0 Å². The second kappa shape index (κ2) is 8.26. The summed E-state index contributed by atoms with van der Waals surface area (Å²) in [6.07, 6.45) is 6.89. The van der Waals surface area contributed by atoms with Crippen molar-refractivity contribution in [3.05, 3.63) is 59.9 Å². The van der Waals surface area contributed by atoms with Gasteiger partial charge in [0.1, 0.15) is 18.0 Å². The molecule has 1 aliphatic rings. The van der Waals surface area contributed by atoms with E-state index in [9.17, 15) is 0 Å². The second-order valence-electron chi connectivity index (χ2n) is 7.21. The molecule has 0 saturated carbocycles. The topological polar surface area (TPSA) is 82.6 Å². The second-order valence-corrected chi connectivity index (χ2v) is 7.21. The molecule has 0 spiro atoms. The Morgan fingerprint density at radius 2 is 2.19 bits per heavy atom. The Balaban J connectivity index is 1.37. The van der Waals surface area contributed by atoms with Crippen molar-refractivity contribution in [3.8, 4) is 0 Å². The highest BCUT2D eigenvalue weighted by molar-refractivity contribution is 5.51. The third-order valence-corrected chi connectivity index (χ3v) is 4.92. The molecule has 4 heterocycles. The van der Waals surface area contributed by atoms with Gasteiger partial charge in [-0.1, -0.05) is 6.07 Å². The lowest BCUT2D eigenvalue weighted by Gasteiger charge is -2.32. The van der Waals surface area contributed by atoms with E-state index in [0.29, 0.717) is 5.92 Å². The molecule has 7 nitrogen and oxygen atoms in total. The number of nitrogens with zero attached hydrogens (tertiary/aromatic N) is 5. The van der Waals surface area contributed by atoms with Gasteiger partial charge in [0.2, 0.25) is 0 Å². The molecule has 1 fully saturated rings. The van der Waals surface area contributed by atoms with Crippen LogP contribution in [0.25, 0.3) is 0 Å². The lowest BCUT2D eigenvalue weighted by Crippen LogP contribution is -2.35. The van der Waals surface area contributed by atoms with Crippen LogP contribution in [0.4, 0.5) is 11.6 Å². The summed E-state index contributed by atoms with van der Waals surface area (Å²) in [5, 5.41) is 10.4. The maximum Gasteiger partial charge on any atom is 0.135 e. The molecule has 1 saturated heterocycles. The van der Waals surface area contributed by atoms with Crippen molar-refractivity contribution in [3.63, 3.8) is 0 Å². The highest BCUT2D eigenvalue weighted by atomic mass is 15.2. The maximum atomic E-state index is 4.49. The zero-order valence-electron chi connectivity index (χ0n) is 15.6. The molecule has 3 aromatic rings. The number of piperidine rings is 1. The van der Waals surface area contributed by atoms with E-state index >= 15 is 0 Å². The Hall–Kier alpha value is -2.80. The fraction of sp³-hybridized carbons (Fsp3) is 0.400. The van der Waals surface area contributed by atoms with E-state index in [4.69, 9.17) is 0 Å². The molecular weight excluding hydrogens is 338 g/mol. The van der Waals surface area contributed by atoms with Crippen LogP contribution >= 0.6 is 0 Å². The number of anilines is 2. The van der Waals surface area contributed by atoms with E-state index in [1.165, 1.54) is 18.5 Å². The van der Waals surface area contributed by atoms with Crippen LogP contribution in [0.1, 0.15) is 29.9 Å². The average Bonchev–Trinajstić information content (AvgIpc) is 3.15. The molecule has 1 aliphatic heterocycles. The maximum absolute atomic E-state index is 4.49. The number of hydrogen-bond acceptors (Lipinski definition) is 6. The van der Waals surface area contributed by atoms with E-state index in [1.807, 2.05) is 43.5 Å². The van der Waals surface area contributed by atoms with E-state index < -0.39 is 0 Å². The minimum Gasteiger partial charge on any atom is -0.325 e. The Morgan fingerprint density at radius 1 is 1.22 bits per heavy atom. The predicted molar refractivity (Wildman–Crippen MR) is 105 cm³/mol. The summed E-state index contributed by atoms with van der Waals surface area (Å²) in [7, 11) is 0. The number of hydrogen-bond donors (Lipinski definition) is 2. The van der Waals surface area contributed by atoms with Gasteiger partial charge in [0, 0.05) is 42.4 Å². The van der Waals surface area contributed by atoms with Crippen LogP contribution in [0.15, 0.2) is 42.9 Å². The standard InChI is InChI=1S/C20H25N7/c1-15-4-2-6-19(24-15)25-20-11-18(21-14-22-20)10-16-5-3-9-27(12-16)13-17-7-8-23-26-17/h2,4,6-8,11,14,16H,3,5,9-10,12-13H2,1H3,(H,23,26)(H,21,22,24,25)/t16-/m0/s1. The van der Waals surface area contributed by atoms with E-state index in [1.54, 1.807) is 6.33 Å². The van der Waals surface area contributed by atoms with Gasteiger partial charge in [-0.15, -0.1) is 0 Å². The van der Waals surface area contributed by atoms with Gasteiger partial charge in [-0.3, -0.25) is 10.00 Å². The Kier molecular flexibility index (Phi) is 5.39. The molecule has 4 rings (SSSR count). The zero-order valence-corrected chi connectivity index (χ0v) is 15.6. The van der Waals surface area contributed by atoms with Crippen LogP contribution in [0.3, 0.4) is 0 Å². The summed E-state index contributed by atoms with van der Waals surface area (Å²) in [6, 6.07) is 10.0. The van der Waals surface area contributed by atoms with Crippen LogP contribution in [-0.2, 0) is 13.0 Å². The number of H-pyrrole nitrogens is 1. The summed E-state index contributed by atoms with van der Waals surface area (Å²) in [4.78, 5) is 15.8. The first-order valence-electron chi connectivity index (χ1n) is 9.47. The largest absolute Gasteiger partial charge is 0.325 e. The number of rotatable bonds is 6. The van der Waals surface area contributed by atoms with Crippen molar-refractivity contribution in [2.24, 2.45) is 5.92 Å². The van der Waals surface area contributed by atoms with Gasteiger partial charge in [-0.2, -0.15) is 5.10 Å². The lowest BCUT2D eigenvalue weighted by atomic mass is 9.93. The molecule has 27 heavy (non-hydrogen) atoms. The molecule has 140 valence electrons. The van der Waals surface area contributed by atoms with E-state index in [-0.39, 0.29) is 0 Å². The monoisotopic (exact) mass is 363 g/mol. The Bertz CT molecular complexity index is 862. The van der Waals surface area contributed by atoms with Gasteiger partial charge < -0.3 is 5.32 Å². The molecular formula is C20H25N7. The third-order valence-electron chi connectivity index (χ3n) is 4.92. The molecule has 0 amide bonds. The van der Waals surface area contributed by atoms with E-state index in [0.717, 1.165) is 49.1 Å². The van der Waals surface area contributed by atoms with Crippen LogP contribution in [0.2, 0.25) is 0 Å². The van der Waals surface area contributed by atoms with Crippen molar-refractivity contribution in [1.29, 1.82) is 0 Å². The third kappa shape index (κ3) is 4.89. The summed E-state index contributed by atoms with van der Waals surface area (Å²) < 4.78 is 0. The first-order valence-corrected chi connectivity index (χ1v) is 9.47. The summed E-state index contributed by atoms with van der Waals surface area (Å²) >= 11 is 0.